The number of sulfonamides is 1. The van der Waals surface area contributed by atoms with Gasteiger partial charge in [0.05, 0.1) is 12.3 Å². The fraction of sp³-hybridized carbons (Fsp3) is 0.571. The first-order valence-electron chi connectivity index (χ1n) is 13.5. The summed E-state index contributed by atoms with van der Waals surface area (Å²) in [6.45, 7) is 11.5. The van der Waals surface area contributed by atoms with Crippen molar-refractivity contribution >= 4 is 21.7 Å². The highest BCUT2D eigenvalue weighted by Crippen LogP contribution is 2.41. The first kappa shape index (κ1) is 29.2. The quantitative estimate of drug-likeness (QED) is 0.502. The van der Waals surface area contributed by atoms with Gasteiger partial charge in [-0.05, 0) is 63.1 Å². The Labute approximate surface area is 230 Å². The first-order chi connectivity index (χ1) is 18.2. The minimum Gasteiger partial charge on any atom is -0.493 e. The van der Waals surface area contributed by atoms with Crippen molar-refractivity contribution in [3.05, 3.63) is 35.6 Å². The number of benzene rings is 1. The lowest BCUT2D eigenvalue weighted by Crippen LogP contribution is -2.46. The molecule has 0 spiro atoms. The van der Waals surface area contributed by atoms with Crippen LogP contribution in [-0.4, -0.2) is 61.4 Å². The number of hydrogen-bond acceptors (Lipinski definition) is 7. The second-order valence-electron chi connectivity index (χ2n) is 11.9. The molecule has 39 heavy (non-hydrogen) atoms. The van der Waals surface area contributed by atoms with Gasteiger partial charge in [-0.1, -0.05) is 20.8 Å². The predicted molar refractivity (Wildman–Crippen MR) is 150 cm³/mol. The van der Waals surface area contributed by atoms with Crippen molar-refractivity contribution in [3.8, 4) is 17.0 Å². The number of carbonyl (C=O) groups excluding carboxylic acids is 1. The molecule has 2 fully saturated rings. The minimum absolute atomic E-state index is 0.132. The summed E-state index contributed by atoms with van der Waals surface area (Å²) < 4.78 is 49.9. The summed E-state index contributed by atoms with van der Waals surface area (Å²) in [6.07, 6.45) is 2.13. The van der Waals surface area contributed by atoms with Crippen molar-refractivity contribution in [1.82, 2.24) is 9.29 Å². The van der Waals surface area contributed by atoms with E-state index in [9.17, 15) is 17.6 Å². The Morgan fingerprint density at radius 3 is 2.54 bits per heavy atom. The van der Waals surface area contributed by atoms with E-state index in [0.717, 1.165) is 6.42 Å². The lowest BCUT2D eigenvalue weighted by atomic mass is 9.97. The van der Waals surface area contributed by atoms with Crippen LogP contribution in [0.1, 0.15) is 64.2 Å². The molecule has 2 aliphatic heterocycles. The molecular weight excluding hydrogens is 521 g/mol. The third-order valence-electron chi connectivity index (χ3n) is 7.33. The van der Waals surface area contributed by atoms with Crippen LogP contribution < -0.4 is 21.1 Å². The Balaban J connectivity index is 1.96. The van der Waals surface area contributed by atoms with Gasteiger partial charge in [0.25, 0.3) is 5.91 Å². The van der Waals surface area contributed by atoms with Crippen LogP contribution in [0.3, 0.4) is 0 Å². The summed E-state index contributed by atoms with van der Waals surface area (Å²) >= 11 is 0. The largest absolute Gasteiger partial charge is 0.493 e. The number of ether oxygens (including phenoxy) is 1. The zero-order valence-electron chi connectivity index (χ0n) is 23.4. The highest BCUT2D eigenvalue weighted by atomic mass is 32.2. The number of primary amides is 1. The highest BCUT2D eigenvalue weighted by molar-refractivity contribution is 7.89. The molecule has 4 rings (SSSR count). The molecule has 2 atom stereocenters. The number of hydrogen-bond donors (Lipinski definition) is 2. The van der Waals surface area contributed by atoms with Crippen LogP contribution in [0.2, 0.25) is 0 Å². The van der Waals surface area contributed by atoms with Crippen LogP contribution in [0.4, 0.5) is 10.2 Å². The van der Waals surface area contributed by atoms with Gasteiger partial charge in [0.15, 0.2) is 0 Å². The van der Waals surface area contributed by atoms with Crippen LogP contribution in [0.25, 0.3) is 11.3 Å². The average molecular weight is 562 g/mol. The number of rotatable bonds is 8. The normalized spacial score (nSPS) is 21.9. The molecule has 11 heteroatoms. The first-order valence-corrected chi connectivity index (χ1v) is 14.9. The summed E-state index contributed by atoms with van der Waals surface area (Å²) in [7, 11) is -4.18. The van der Waals surface area contributed by atoms with Crippen molar-refractivity contribution < 1.29 is 22.3 Å². The Morgan fingerprint density at radius 1 is 1.23 bits per heavy atom. The van der Waals surface area contributed by atoms with Gasteiger partial charge in [-0.15, -0.1) is 0 Å². The number of halogens is 1. The van der Waals surface area contributed by atoms with Crippen LogP contribution >= 0.6 is 0 Å². The van der Waals surface area contributed by atoms with Crippen LogP contribution in [-0.2, 0) is 10.0 Å². The van der Waals surface area contributed by atoms with Gasteiger partial charge in [-0.25, -0.2) is 17.8 Å². The molecule has 0 saturated carbocycles. The second-order valence-corrected chi connectivity index (χ2v) is 13.9. The van der Waals surface area contributed by atoms with Crippen LogP contribution in [0.15, 0.2) is 29.2 Å². The monoisotopic (exact) mass is 561 g/mol. The molecule has 214 valence electrons. The van der Waals surface area contributed by atoms with Gasteiger partial charge in [0.1, 0.15) is 27.8 Å². The molecule has 0 unspecified atom stereocenters. The van der Waals surface area contributed by atoms with E-state index in [-0.39, 0.29) is 52.9 Å². The smallest absolute Gasteiger partial charge is 0.253 e. The van der Waals surface area contributed by atoms with Crippen molar-refractivity contribution in [1.29, 1.82) is 0 Å². The number of amides is 1. The summed E-state index contributed by atoms with van der Waals surface area (Å²) in [6, 6.07) is 5.21. The van der Waals surface area contributed by atoms with Crippen molar-refractivity contribution in [2.45, 2.75) is 70.4 Å². The fourth-order valence-corrected chi connectivity index (χ4v) is 7.38. The van der Waals surface area contributed by atoms with E-state index < -0.39 is 27.3 Å². The number of piperidine rings is 1. The molecular formula is C28H40FN5O4S. The highest BCUT2D eigenvalue weighted by Gasteiger charge is 2.42. The summed E-state index contributed by atoms with van der Waals surface area (Å²) in [5, 5.41) is 0. The van der Waals surface area contributed by atoms with E-state index in [2.05, 4.69) is 6.92 Å². The number of nitrogens with two attached hydrogens (primary N) is 2. The predicted octanol–water partition coefficient (Wildman–Crippen LogP) is 3.76. The second kappa shape index (κ2) is 11.0. The maximum absolute atomic E-state index is 14.8. The number of anilines is 1. The van der Waals surface area contributed by atoms with Crippen molar-refractivity contribution in [2.24, 2.45) is 23.3 Å². The molecule has 1 amide bonds. The standard InChI is InChI=1S/C28H40FN5O4S/c1-17(2)16-38-22-10-19(9-20(29)11-22)23-12-24(39(36,37)33-8-6-7-21(30)15-33)25(26(31)35)27(32-23)34-14-18(3)13-28(34,4)5/h9-12,17-18,21H,6-8,13-16,30H2,1-5H3,(H2,31,35)/t18-,21+/m0/s1. The van der Waals surface area contributed by atoms with E-state index in [1.54, 1.807) is 6.07 Å². The molecule has 9 nitrogen and oxygen atoms in total. The zero-order chi connectivity index (χ0) is 28.7. The zero-order valence-corrected chi connectivity index (χ0v) is 24.2. The average Bonchev–Trinajstić information content (AvgIpc) is 3.13. The molecule has 4 N–H and O–H groups in total. The number of carbonyl (C=O) groups is 1. The maximum atomic E-state index is 14.8. The van der Waals surface area contributed by atoms with E-state index in [4.69, 9.17) is 21.2 Å². The van der Waals surface area contributed by atoms with E-state index >= 15 is 0 Å². The molecule has 0 radical (unpaired) electrons. The van der Waals surface area contributed by atoms with Crippen LogP contribution in [0, 0.1) is 17.7 Å². The summed E-state index contributed by atoms with van der Waals surface area (Å²) in [5.41, 5.74) is 11.9. The molecule has 3 heterocycles. The maximum Gasteiger partial charge on any atom is 0.253 e. The van der Waals surface area contributed by atoms with Gasteiger partial charge in [-0.3, -0.25) is 4.79 Å². The van der Waals surface area contributed by atoms with Gasteiger partial charge in [-0.2, -0.15) is 4.31 Å². The molecule has 2 aliphatic rings. The van der Waals surface area contributed by atoms with Crippen LogP contribution in [0.5, 0.6) is 5.75 Å². The Kier molecular flexibility index (Phi) is 8.26. The van der Waals surface area contributed by atoms with E-state index in [1.807, 2.05) is 32.6 Å². The van der Waals surface area contributed by atoms with E-state index in [0.29, 0.717) is 37.3 Å². The third-order valence-corrected chi connectivity index (χ3v) is 9.22. The molecule has 0 aliphatic carbocycles. The van der Waals surface area contributed by atoms with E-state index in [1.165, 1.54) is 22.5 Å². The minimum atomic E-state index is -4.18. The number of aromatic nitrogens is 1. The topological polar surface area (TPSA) is 132 Å². The summed E-state index contributed by atoms with van der Waals surface area (Å²) in [5.74, 6) is -0.444. The van der Waals surface area contributed by atoms with Gasteiger partial charge in [0.2, 0.25) is 10.0 Å². The number of pyridine rings is 1. The Bertz CT molecular complexity index is 1350. The lowest BCUT2D eigenvalue weighted by Gasteiger charge is -2.35. The molecule has 0 bridgehead atoms. The Morgan fingerprint density at radius 2 is 1.95 bits per heavy atom. The van der Waals surface area contributed by atoms with Crippen molar-refractivity contribution in [2.75, 3.05) is 31.1 Å². The lowest BCUT2D eigenvalue weighted by molar-refractivity contribution is 0.0997. The fourth-order valence-electron chi connectivity index (χ4n) is 5.63. The molecule has 1 aromatic carbocycles. The molecule has 2 saturated heterocycles. The van der Waals surface area contributed by atoms with Gasteiger partial charge >= 0.3 is 0 Å². The van der Waals surface area contributed by atoms with Gasteiger partial charge in [0, 0.05) is 42.8 Å². The molecule has 2 aromatic rings. The Hall–Kier alpha value is -2.76. The third kappa shape index (κ3) is 6.20. The van der Waals surface area contributed by atoms with Crippen molar-refractivity contribution in [3.63, 3.8) is 0 Å². The number of nitrogens with zero attached hydrogens (tertiary/aromatic N) is 3. The van der Waals surface area contributed by atoms with Gasteiger partial charge < -0.3 is 21.1 Å². The molecule has 1 aromatic heterocycles. The SMILES string of the molecule is CC(C)COc1cc(F)cc(-c2cc(S(=O)(=O)N3CCC[C@@H](N)C3)c(C(N)=O)c(N3C[C@@H](C)CC3(C)C)n2)c1. The summed E-state index contributed by atoms with van der Waals surface area (Å²) in [4.78, 5) is 19.4.